The van der Waals surface area contributed by atoms with Gasteiger partial charge in [-0.25, -0.2) is 8.42 Å². The van der Waals surface area contributed by atoms with Crippen LogP contribution in [-0.4, -0.2) is 31.2 Å². The average molecular weight is 231 g/mol. The van der Waals surface area contributed by atoms with E-state index in [1.54, 1.807) is 0 Å². The van der Waals surface area contributed by atoms with Crippen molar-refractivity contribution in [3.63, 3.8) is 0 Å². The van der Waals surface area contributed by atoms with Crippen LogP contribution >= 0.6 is 0 Å². The van der Waals surface area contributed by atoms with Gasteiger partial charge in [-0.3, -0.25) is 0 Å². The van der Waals surface area contributed by atoms with E-state index in [0.717, 1.165) is 6.26 Å². The quantitative estimate of drug-likeness (QED) is 0.639. The van der Waals surface area contributed by atoms with Gasteiger partial charge >= 0.3 is 0 Å². The third-order valence-corrected chi connectivity index (χ3v) is 2.78. The number of hydrogen-bond donors (Lipinski definition) is 3. The monoisotopic (exact) mass is 231 g/mol. The molecule has 0 aliphatic carbocycles. The summed E-state index contributed by atoms with van der Waals surface area (Å²) in [7, 11) is -3.50. The topological polar surface area (TPSA) is 124 Å². The van der Waals surface area contributed by atoms with Crippen molar-refractivity contribution in [3.8, 4) is 0 Å². The van der Waals surface area contributed by atoms with Gasteiger partial charge in [0, 0.05) is 12.8 Å². The van der Waals surface area contributed by atoms with E-state index in [1.807, 2.05) is 6.92 Å². The maximum atomic E-state index is 11.3. The van der Waals surface area contributed by atoms with Gasteiger partial charge in [0.15, 0.2) is 14.7 Å². The molecule has 1 rings (SSSR count). The lowest BCUT2D eigenvalue weighted by Gasteiger charge is -2.08. The molecule has 84 valence electrons. The summed E-state index contributed by atoms with van der Waals surface area (Å²) in [5.74, 6) is -0.0539. The van der Waals surface area contributed by atoms with Gasteiger partial charge in [0.1, 0.15) is 11.6 Å². The molecule has 0 aliphatic heterocycles. The number of nitrogen functional groups attached to an aromatic ring is 2. The highest BCUT2D eigenvalue weighted by Gasteiger charge is 2.19. The summed E-state index contributed by atoms with van der Waals surface area (Å²) in [6.45, 7) is 2.44. The predicted molar refractivity (Wildman–Crippen MR) is 58.1 cm³/mol. The molecule has 0 aromatic carbocycles. The van der Waals surface area contributed by atoms with Gasteiger partial charge in [-0.15, -0.1) is 0 Å². The number of sulfone groups is 1. The second-order valence-electron chi connectivity index (χ2n) is 2.95. The zero-order valence-corrected chi connectivity index (χ0v) is 9.30. The summed E-state index contributed by atoms with van der Waals surface area (Å²) in [6.07, 6.45) is 1.01. The van der Waals surface area contributed by atoms with Gasteiger partial charge in [-0.05, 0) is 6.92 Å². The first-order valence-corrected chi connectivity index (χ1v) is 6.12. The Morgan fingerprint density at radius 3 is 2.07 bits per heavy atom. The van der Waals surface area contributed by atoms with E-state index < -0.39 is 9.84 Å². The highest BCUT2D eigenvalue weighted by molar-refractivity contribution is 7.91. The number of hydrogen-bond acceptors (Lipinski definition) is 7. The first kappa shape index (κ1) is 11.5. The molecule has 0 saturated carbocycles. The maximum absolute atomic E-state index is 11.3. The molecule has 0 aliphatic rings. The highest BCUT2D eigenvalue weighted by Crippen LogP contribution is 2.22. The smallest absolute Gasteiger partial charge is 0.226 e. The molecule has 0 spiro atoms. The Hall–Kier alpha value is -1.57. The Kier molecular flexibility index (Phi) is 2.98. The number of aromatic nitrogens is 2. The molecule has 5 N–H and O–H groups in total. The van der Waals surface area contributed by atoms with E-state index in [4.69, 9.17) is 11.5 Å². The molecule has 8 heteroatoms. The minimum atomic E-state index is -3.50. The number of nitrogens with two attached hydrogens (primary N) is 2. The van der Waals surface area contributed by atoms with Crippen molar-refractivity contribution in [2.45, 2.75) is 11.8 Å². The lowest BCUT2D eigenvalue weighted by molar-refractivity contribution is 0.602. The van der Waals surface area contributed by atoms with Crippen LogP contribution in [0.25, 0.3) is 0 Å². The van der Waals surface area contributed by atoms with Crippen molar-refractivity contribution < 1.29 is 8.42 Å². The Labute approximate surface area is 87.8 Å². The fourth-order valence-electron chi connectivity index (χ4n) is 1.10. The lowest BCUT2D eigenvalue weighted by Crippen LogP contribution is -2.13. The molecular weight excluding hydrogens is 218 g/mol. The van der Waals surface area contributed by atoms with Gasteiger partial charge in [0.25, 0.3) is 0 Å². The van der Waals surface area contributed by atoms with E-state index in [0.29, 0.717) is 6.54 Å². The summed E-state index contributed by atoms with van der Waals surface area (Å²) in [5.41, 5.74) is 11.0. The van der Waals surface area contributed by atoms with E-state index in [1.165, 1.54) is 0 Å². The molecular formula is C7H13N5O2S. The van der Waals surface area contributed by atoms with Gasteiger partial charge < -0.3 is 16.8 Å². The molecule has 0 unspecified atom stereocenters. The van der Waals surface area contributed by atoms with Gasteiger partial charge in [-0.2, -0.15) is 9.97 Å². The van der Waals surface area contributed by atoms with E-state index >= 15 is 0 Å². The van der Waals surface area contributed by atoms with Gasteiger partial charge in [-0.1, -0.05) is 0 Å². The zero-order valence-electron chi connectivity index (χ0n) is 8.48. The third-order valence-electron chi connectivity index (χ3n) is 1.62. The largest absolute Gasteiger partial charge is 0.382 e. The second-order valence-corrected chi connectivity index (χ2v) is 4.90. The number of rotatable bonds is 3. The van der Waals surface area contributed by atoms with Crippen molar-refractivity contribution in [3.05, 3.63) is 0 Å². The Balaban J connectivity index is 3.34. The van der Waals surface area contributed by atoms with Crippen LogP contribution in [0.15, 0.2) is 4.90 Å². The van der Waals surface area contributed by atoms with Crippen molar-refractivity contribution in [2.75, 3.05) is 29.6 Å². The van der Waals surface area contributed by atoms with Crippen molar-refractivity contribution in [1.29, 1.82) is 0 Å². The Morgan fingerprint density at radius 2 is 1.73 bits per heavy atom. The molecule has 0 bridgehead atoms. The number of nitrogens with zero attached hydrogens (tertiary/aromatic N) is 2. The SMILES string of the molecule is CCNc1nc(N)c(S(C)(=O)=O)c(N)n1. The molecule has 15 heavy (non-hydrogen) atoms. The predicted octanol–water partition coefficient (Wildman–Crippen LogP) is -0.524. The van der Waals surface area contributed by atoms with E-state index in [2.05, 4.69) is 15.3 Å². The Bertz CT molecular complexity index is 447. The zero-order chi connectivity index (χ0) is 11.6. The van der Waals surface area contributed by atoms with Gasteiger partial charge in [0.05, 0.1) is 0 Å². The van der Waals surface area contributed by atoms with Crippen LogP contribution in [0.4, 0.5) is 17.6 Å². The lowest BCUT2D eigenvalue weighted by atomic mass is 10.5. The van der Waals surface area contributed by atoms with Crippen molar-refractivity contribution in [1.82, 2.24) is 9.97 Å². The van der Waals surface area contributed by atoms with Crippen molar-refractivity contribution >= 4 is 27.4 Å². The second kappa shape index (κ2) is 3.89. The van der Waals surface area contributed by atoms with Crippen LogP contribution in [0.1, 0.15) is 6.92 Å². The highest BCUT2D eigenvalue weighted by atomic mass is 32.2. The van der Waals surface area contributed by atoms with Crippen LogP contribution in [0.3, 0.4) is 0 Å². The molecule has 0 saturated heterocycles. The molecule has 7 nitrogen and oxygen atoms in total. The van der Waals surface area contributed by atoms with Crippen LogP contribution in [-0.2, 0) is 9.84 Å². The summed E-state index contributed by atoms with van der Waals surface area (Å²) in [5, 5.41) is 2.79. The molecule has 1 aromatic heterocycles. The first-order chi connectivity index (χ1) is 6.86. The van der Waals surface area contributed by atoms with Crippen molar-refractivity contribution in [2.24, 2.45) is 0 Å². The fourth-order valence-corrected chi connectivity index (χ4v) is 1.95. The Morgan fingerprint density at radius 1 is 1.27 bits per heavy atom. The average Bonchev–Trinajstić information content (AvgIpc) is 1.99. The number of anilines is 3. The van der Waals surface area contributed by atoms with Crippen LogP contribution < -0.4 is 16.8 Å². The van der Waals surface area contributed by atoms with Crippen LogP contribution in [0, 0.1) is 0 Å². The molecule has 1 heterocycles. The third kappa shape index (κ3) is 2.46. The normalized spacial score (nSPS) is 11.3. The minimum absolute atomic E-state index is 0.138. The molecule has 0 radical (unpaired) electrons. The molecule has 0 atom stereocenters. The van der Waals surface area contributed by atoms with Gasteiger partial charge in [0.2, 0.25) is 5.95 Å². The molecule has 1 aromatic rings. The van der Waals surface area contributed by atoms with Crippen LogP contribution in [0.5, 0.6) is 0 Å². The number of nitrogens with one attached hydrogen (secondary N) is 1. The first-order valence-electron chi connectivity index (χ1n) is 4.23. The minimum Gasteiger partial charge on any atom is -0.382 e. The van der Waals surface area contributed by atoms with Crippen LogP contribution in [0.2, 0.25) is 0 Å². The summed E-state index contributed by atoms with van der Waals surface area (Å²) < 4.78 is 22.6. The fraction of sp³-hybridized carbons (Fsp3) is 0.429. The summed E-state index contributed by atoms with van der Waals surface area (Å²) in [4.78, 5) is 7.35. The van der Waals surface area contributed by atoms with E-state index in [9.17, 15) is 8.42 Å². The standard InChI is InChI=1S/C7H13N5O2S/c1-3-10-7-11-5(8)4(6(9)12-7)15(2,13)14/h3H2,1-2H3,(H5,8,9,10,11,12). The maximum Gasteiger partial charge on any atom is 0.226 e. The summed E-state index contributed by atoms with van der Waals surface area (Å²) >= 11 is 0. The summed E-state index contributed by atoms with van der Waals surface area (Å²) in [6, 6.07) is 0. The molecule has 0 amide bonds. The molecule has 0 fully saturated rings. The van der Waals surface area contributed by atoms with E-state index in [-0.39, 0.29) is 22.5 Å².